The van der Waals surface area contributed by atoms with Gasteiger partial charge >= 0.3 is 0 Å². The highest BCUT2D eigenvalue weighted by Gasteiger charge is 2.09. The van der Waals surface area contributed by atoms with Gasteiger partial charge in [0.15, 0.2) is 0 Å². The minimum atomic E-state index is 0.413. The van der Waals surface area contributed by atoms with Gasteiger partial charge in [0.2, 0.25) is 0 Å². The zero-order valence-corrected chi connectivity index (χ0v) is 16.4. The van der Waals surface area contributed by atoms with E-state index in [2.05, 4.69) is 74.5 Å². The lowest BCUT2D eigenvalue weighted by Gasteiger charge is -2.14. The molecule has 28 heavy (non-hydrogen) atoms. The van der Waals surface area contributed by atoms with Gasteiger partial charge in [-0.15, -0.1) is 0 Å². The summed E-state index contributed by atoms with van der Waals surface area (Å²) < 4.78 is 0. The number of benzene rings is 3. The molecule has 2 unspecified atom stereocenters. The fraction of sp³-hybridized carbons (Fsp3) is 0.231. The van der Waals surface area contributed by atoms with Gasteiger partial charge < -0.3 is 0 Å². The van der Waals surface area contributed by atoms with Crippen molar-refractivity contribution in [1.29, 1.82) is 10.5 Å². The molecule has 0 amide bonds. The molecular weight excluding hydrogens is 340 g/mol. The van der Waals surface area contributed by atoms with Crippen LogP contribution in [0.25, 0.3) is 0 Å². The van der Waals surface area contributed by atoms with E-state index in [1.165, 1.54) is 22.3 Å². The van der Waals surface area contributed by atoms with E-state index in [4.69, 9.17) is 10.5 Å². The third kappa shape index (κ3) is 4.87. The van der Waals surface area contributed by atoms with Gasteiger partial charge in [-0.3, -0.25) is 0 Å². The molecule has 3 aromatic carbocycles. The predicted molar refractivity (Wildman–Crippen MR) is 113 cm³/mol. The molecular formula is C26H24N2. The molecule has 0 saturated heterocycles. The summed E-state index contributed by atoms with van der Waals surface area (Å²) in [6, 6.07) is 29.0. The maximum Gasteiger partial charge on any atom is 0.0991 e. The van der Waals surface area contributed by atoms with E-state index in [1.807, 2.05) is 24.3 Å². The molecule has 0 bridgehead atoms. The summed E-state index contributed by atoms with van der Waals surface area (Å²) in [5, 5.41) is 17.8. The number of hydrogen-bond acceptors (Lipinski definition) is 2. The van der Waals surface area contributed by atoms with Crippen LogP contribution in [0.15, 0.2) is 72.8 Å². The Bertz CT molecular complexity index is 900. The number of nitriles is 2. The van der Waals surface area contributed by atoms with Crippen molar-refractivity contribution in [3.05, 3.63) is 106 Å². The fourth-order valence-corrected chi connectivity index (χ4v) is 3.53. The molecule has 0 spiro atoms. The van der Waals surface area contributed by atoms with Crippen molar-refractivity contribution in [3.63, 3.8) is 0 Å². The molecule has 0 N–H and O–H groups in total. The molecule has 0 saturated carbocycles. The van der Waals surface area contributed by atoms with Crippen LogP contribution in [0, 0.1) is 22.7 Å². The molecule has 0 radical (unpaired) electrons. The first-order valence-corrected chi connectivity index (χ1v) is 9.67. The van der Waals surface area contributed by atoms with Crippen molar-refractivity contribution in [1.82, 2.24) is 0 Å². The molecule has 0 aliphatic rings. The Balaban J connectivity index is 1.60. The highest BCUT2D eigenvalue weighted by Crippen LogP contribution is 2.24. The van der Waals surface area contributed by atoms with Crippen molar-refractivity contribution in [2.45, 2.75) is 38.5 Å². The first kappa shape index (κ1) is 19.4. The summed E-state index contributed by atoms with van der Waals surface area (Å²) in [6.07, 6.45) is 1.97. The summed E-state index contributed by atoms with van der Waals surface area (Å²) in [4.78, 5) is 0. The predicted octanol–water partition coefficient (Wildman–Crippen LogP) is 6.12. The number of nitrogens with zero attached hydrogens (tertiary/aromatic N) is 2. The Morgan fingerprint density at radius 3 is 1.18 bits per heavy atom. The molecule has 2 heteroatoms. The summed E-state index contributed by atoms with van der Waals surface area (Å²) in [5.74, 6) is 0.826. The van der Waals surface area contributed by atoms with Crippen molar-refractivity contribution in [2.24, 2.45) is 0 Å². The Hall–Kier alpha value is -3.36. The first-order valence-electron chi connectivity index (χ1n) is 9.67. The molecule has 3 rings (SSSR count). The smallest absolute Gasteiger partial charge is 0.0991 e. The fourth-order valence-electron chi connectivity index (χ4n) is 3.53. The van der Waals surface area contributed by atoms with Gasteiger partial charge in [-0.05, 0) is 71.2 Å². The monoisotopic (exact) mass is 364 g/mol. The second-order valence-electron chi connectivity index (χ2n) is 7.49. The highest BCUT2D eigenvalue weighted by molar-refractivity contribution is 5.35. The number of hydrogen-bond donors (Lipinski definition) is 0. The molecule has 2 atom stereocenters. The Morgan fingerprint density at radius 2 is 0.893 bits per heavy atom. The van der Waals surface area contributed by atoms with Gasteiger partial charge in [-0.25, -0.2) is 0 Å². The average Bonchev–Trinajstić information content (AvgIpc) is 2.75. The van der Waals surface area contributed by atoms with Crippen LogP contribution in [0.3, 0.4) is 0 Å². The van der Waals surface area contributed by atoms with Gasteiger partial charge in [-0.1, -0.05) is 62.4 Å². The van der Waals surface area contributed by atoms with Crippen LogP contribution in [-0.4, -0.2) is 0 Å². The largest absolute Gasteiger partial charge is 0.192 e. The van der Waals surface area contributed by atoms with E-state index in [1.54, 1.807) is 0 Å². The van der Waals surface area contributed by atoms with Crippen molar-refractivity contribution in [2.75, 3.05) is 0 Å². The second kappa shape index (κ2) is 9.03. The zero-order valence-electron chi connectivity index (χ0n) is 16.4. The maximum atomic E-state index is 8.92. The van der Waals surface area contributed by atoms with Crippen LogP contribution in [0.1, 0.15) is 59.1 Å². The summed E-state index contributed by atoms with van der Waals surface area (Å²) in [7, 11) is 0. The van der Waals surface area contributed by atoms with Gasteiger partial charge in [0.05, 0.1) is 23.3 Å². The van der Waals surface area contributed by atoms with Crippen LogP contribution in [0.2, 0.25) is 0 Å². The van der Waals surface area contributed by atoms with Gasteiger partial charge in [0, 0.05) is 0 Å². The summed E-state index contributed by atoms with van der Waals surface area (Å²) in [6.45, 7) is 4.45. The van der Waals surface area contributed by atoms with E-state index in [-0.39, 0.29) is 0 Å². The van der Waals surface area contributed by atoms with E-state index in [9.17, 15) is 0 Å². The molecule has 0 aliphatic carbocycles. The van der Waals surface area contributed by atoms with Gasteiger partial charge in [0.25, 0.3) is 0 Å². The van der Waals surface area contributed by atoms with Crippen molar-refractivity contribution >= 4 is 0 Å². The molecule has 0 fully saturated rings. The molecule has 3 aromatic rings. The molecule has 2 nitrogen and oxygen atoms in total. The normalized spacial score (nSPS) is 12.6. The lowest BCUT2D eigenvalue weighted by Crippen LogP contribution is -2.01. The van der Waals surface area contributed by atoms with Crippen LogP contribution in [0.4, 0.5) is 0 Å². The minimum absolute atomic E-state index is 0.413. The molecule has 0 heterocycles. The minimum Gasteiger partial charge on any atom is -0.192 e. The average molecular weight is 364 g/mol. The Morgan fingerprint density at radius 1 is 0.571 bits per heavy atom. The number of rotatable bonds is 6. The third-order valence-electron chi connectivity index (χ3n) is 5.32. The van der Waals surface area contributed by atoms with E-state index in [0.717, 1.165) is 12.8 Å². The lowest BCUT2D eigenvalue weighted by molar-refractivity contribution is 0.749. The first-order chi connectivity index (χ1) is 13.6. The quantitative estimate of drug-likeness (QED) is 0.529. The third-order valence-corrected chi connectivity index (χ3v) is 5.32. The van der Waals surface area contributed by atoms with Crippen LogP contribution in [0.5, 0.6) is 0 Å². The lowest BCUT2D eigenvalue weighted by atomic mass is 9.90. The zero-order chi connectivity index (χ0) is 19.9. The van der Waals surface area contributed by atoms with Crippen LogP contribution >= 0.6 is 0 Å². The van der Waals surface area contributed by atoms with E-state index in [0.29, 0.717) is 23.0 Å². The van der Waals surface area contributed by atoms with Gasteiger partial charge in [-0.2, -0.15) is 10.5 Å². The second-order valence-corrected chi connectivity index (χ2v) is 7.49. The summed E-state index contributed by atoms with van der Waals surface area (Å²) in [5.41, 5.74) is 6.58. The van der Waals surface area contributed by atoms with Crippen LogP contribution in [-0.2, 0) is 12.8 Å². The Labute approximate surface area is 167 Å². The van der Waals surface area contributed by atoms with E-state index < -0.39 is 0 Å². The topological polar surface area (TPSA) is 47.6 Å². The standard InChI is InChI=1S/C26H24N2/c1-19(25-11-7-23(17-27)8-12-25)15-21-3-5-22(6-4-21)16-20(2)26-13-9-24(18-28)10-14-26/h3-14,19-20H,15-16H2,1-2H3. The SMILES string of the molecule is CC(Cc1ccc(CC(C)c2ccc(C#N)cc2)cc1)c1ccc(C#N)cc1. The summed E-state index contributed by atoms with van der Waals surface area (Å²) >= 11 is 0. The van der Waals surface area contributed by atoms with Crippen LogP contribution < -0.4 is 0 Å². The Kier molecular flexibility index (Phi) is 6.25. The molecule has 0 aliphatic heterocycles. The van der Waals surface area contributed by atoms with Gasteiger partial charge in [0.1, 0.15) is 0 Å². The van der Waals surface area contributed by atoms with E-state index >= 15 is 0 Å². The van der Waals surface area contributed by atoms with Crippen molar-refractivity contribution in [3.8, 4) is 12.1 Å². The molecule has 138 valence electrons. The maximum absolute atomic E-state index is 8.92. The molecule has 0 aromatic heterocycles. The highest BCUT2D eigenvalue weighted by atomic mass is 14.2. The van der Waals surface area contributed by atoms with Crippen molar-refractivity contribution < 1.29 is 0 Å².